The van der Waals surface area contributed by atoms with Crippen molar-refractivity contribution in [3.8, 4) is 23.1 Å². The normalized spacial score (nSPS) is 10.2. The summed E-state index contributed by atoms with van der Waals surface area (Å²) in [6.45, 7) is 0. The van der Waals surface area contributed by atoms with Crippen molar-refractivity contribution in [2.75, 3.05) is 14.2 Å². The summed E-state index contributed by atoms with van der Waals surface area (Å²) in [6.07, 6.45) is 0. The zero-order valence-corrected chi connectivity index (χ0v) is 10.5. The van der Waals surface area contributed by atoms with Gasteiger partial charge < -0.3 is 9.47 Å². The number of aromatic nitrogens is 3. The zero-order chi connectivity index (χ0) is 13.1. The minimum absolute atomic E-state index is 0.00247. The smallest absolute Gasteiger partial charge is 0.351 e. The largest absolute Gasteiger partial charge is 0.495 e. The molecule has 0 saturated carbocycles. The Balaban J connectivity index is 2.54. The van der Waals surface area contributed by atoms with Crippen LogP contribution in [0.5, 0.6) is 11.8 Å². The van der Waals surface area contributed by atoms with Gasteiger partial charge in [-0.1, -0.05) is 11.6 Å². The van der Waals surface area contributed by atoms with Gasteiger partial charge in [-0.2, -0.15) is 4.98 Å². The first kappa shape index (κ1) is 12.4. The molecule has 18 heavy (non-hydrogen) atoms. The molecule has 1 heterocycles. The minimum atomic E-state index is -0.536. The van der Waals surface area contributed by atoms with Crippen LogP contribution in [0.1, 0.15) is 0 Å². The molecule has 0 amide bonds. The maximum Gasteiger partial charge on any atom is 0.351 e. The van der Waals surface area contributed by atoms with Gasteiger partial charge in [0.25, 0.3) is 0 Å². The van der Waals surface area contributed by atoms with Crippen molar-refractivity contribution in [3.63, 3.8) is 0 Å². The van der Waals surface area contributed by atoms with Crippen LogP contribution in [0.2, 0.25) is 5.02 Å². The summed E-state index contributed by atoms with van der Waals surface area (Å²) < 4.78 is 9.93. The van der Waals surface area contributed by atoms with Crippen molar-refractivity contribution in [1.82, 2.24) is 15.0 Å². The summed E-state index contributed by atoms with van der Waals surface area (Å²) in [5.41, 5.74) is 0.111. The molecule has 2 aromatic rings. The molecule has 2 rings (SSSR count). The number of benzene rings is 1. The van der Waals surface area contributed by atoms with E-state index in [2.05, 4.69) is 15.0 Å². The first-order valence-corrected chi connectivity index (χ1v) is 5.38. The number of rotatable bonds is 3. The lowest BCUT2D eigenvalue weighted by Gasteiger charge is -2.06. The number of ether oxygens (including phenoxy) is 2. The first-order valence-electron chi connectivity index (χ1n) is 5.00. The number of nitrogens with one attached hydrogen (secondary N) is 1. The summed E-state index contributed by atoms with van der Waals surface area (Å²) >= 11 is 5.92. The fraction of sp³-hybridized carbons (Fsp3) is 0.182. The molecule has 0 fully saturated rings. The van der Waals surface area contributed by atoms with Crippen LogP contribution >= 0.6 is 11.6 Å². The van der Waals surface area contributed by atoms with Gasteiger partial charge in [-0.25, -0.2) is 4.79 Å². The molecule has 1 aromatic carbocycles. The second-order valence-corrected chi connectivity index (χ2v) is 3.75. The average molecular weight is 268 g/mol. The molecule has 94 valence electrons. The molecule has 0 aliphatic carbocycles. The van der Waals surface area contributed by atoms with E-state index in [-0.39, 0.29) is 6.01 Å². The lowest BCUT2D eigenvalue weighted by molar-refractivity contribution is 0.377. The van der Waals surface area contributed by atoms with Crippen LogP contribution in [-0.4, -0.2) is 29.2 Å². The van der Waals surface area contributed by atoms with Crippen LogP contribution in [0, 0.1) is 0 Å². The summed E-state index contributed by atoms with van der Waals surface area (Å²) in [5, 5.41) is 0.476. The second-order valence-electron chi connectivity index (χ2n) is 3.34. The average Bonchev–Trinajstić information content (AvgIpc) is 2.38. The van der Waals surface area contributed by atoms with Crippen molar-refractivity contribution in [2.24, 2.45) is 0 Å². The third-order valence-electron chi connectivity index (χ3n) is 2.24. The topological polar surface area (TPSA) is 77.1 Å². The monoisotopic (exact) mass is 267 g/mol. The van der Waals surface area contributed by atoms with E-state index in [0.29, 0.717) is 22.2 Å². The molecule has 0 spiro atoms. The summed E-state index contributed by atoms with van der Waals surface area (Å²) in [5.74, 6) is 0.828. The fourth-order valence-electron chi connectivity index (χ4n) is 1.40. The number of methoxy groups -OCH3 is 2. The Morgan fingerprint density at radius 2 is 2.00 bits per heavy atom. The first-order chi connectivity index (χ1) is 8.63. The van der Waals surface area contributed by atoms with Crippen molar-refractivity contribution in [1.29, 1.82) is 0 Å². The molecule has 0 aliphatic rings. The highest BCUT2D eigenvalue weighted by Crippen LogP contribution is 2.28. The standard InChI is InChI=1S/C11H10ClN3O3/c1-17-8-5-6(3-4-7(8)12)9-13-10(16)15-11(14-9)18-2/h3-5H,1-2H3,(H,13,14,15,16). The third kappa shape index (κ3) is 2.43. The summed E-state index contributed by atoms with van der Waals surface area (Å²) in [6, 6.07) is 5.04. The van der Waals surface area contributed by atoms with E-state index in [9.17, 15) is 4.79 Å². The number of halogens is 1. The molecule has 0 bridgehead atoms. The summed E-state index contributed by atoms with van der Waals surface area (Å²) in [7, 11) is 2.90. The highest BCUT2D eigenvalue weighted by molar-refractivity contribution is 6.32. The molecular weight excluding hydrogens is 258 g/mol. The highest BCUT2D eigenvalue weighted by atomic mass is 35.5. The molecule has 1 N–H and O–H groups in total. The zero-order valence-electron chi connectivity index (χ0n) is 9.73. The molecule has 0 saturated heterocycles. The van der Waals surface area contributed by atoms with Crippen LogP contribution in [0.3, 0.4) is 0 Å². The predicted molar refractivity (Wildman–Crippen MR) is 66.2 cm³/mol. The Morgan fingerprint density at radius 3 is 2.67 bits per heavy atom. The Labute approximate surface area is 108 Å². The van der Waals surface area contributed by atoms with Gasteiger partial charge >= 0.3 is 11.7 Å². The van der Waals surface area contributed by atoms with Crippen molar-refractivity contribution in [2.45, 2.75) is 0 Å². The molecule has 7 heteroatoms. The molecule has 0 unspecified atom stereocenters. The number of hydrogen-bond acceptors (Lipinski definition) is 5. The van der Waals surface area contributed by atoms with E-state index in [1.54, 1.807) is 18.2 Å². The lowest BCUT2D eigenvalue weighted by Crippen LogP contribution is -2.14. The number of aromatic amines is 1. The number of H-pyrrole nitrogens is 1. The van der Waals surface area contributed by atoms with E-state index in [0.717, 1.165) is 0 Å². The van der Waals surface area contributed by atoms with Gasteiger partial charge in [-0.3, -0.25) is 4.98 Å². The third-order valence-corrected chi connectivity index (χ3v) is 2.55. The maximum atomic E-state index is 11.3. The predicted octanol–water partition coefficient (Wildman–Crippen LogP) is 1.50. The lowest BCUT2D eigenvalue weighted by atomic mass is 10.2. The number of nitrogens with zero attached hydrogens (tertiary/aromatic N) is 2. The van der Waals surface area contributed by atoms with E-state index in [1.165, 1.54) is 14.2 Å². The Kier molecular flexibility index (Phi) is 3.47. The Bertz CT molecular complexity index is 627. The van der Waals surface area contributed by atoms with Crippen LogP contribution in [0.15, 0.2) is 23.0 Å². The highest BCUT2D eigenvalue weighted by Gasteiger charge is 2.08. The molecule has 6 nitrogen and oxygen atoms in total. The van der Waals surface area contributed by atoms with Crippen LogP contribution in [-0.2, 0) is 0 Å². The molecule has 0 radical (unpaired) electrons. The van der Waals surface area contributed by atoms with E-state index in [1.807, 2.05) is 0 Å². The van der Waals surface area contributed by atoms with Gasteiger partial charge in [-0.05, 0) is 18.2 Å². The van der Waals surface area contributed by atoms with E-state index in [4.69, 9.17) is 21.1 Å². The molecule has 1 aromatic heterocycles. The quantitative estimate of drug-likeness (QED) is 0.912. The van der Waals surface area contributed by atoms with E-state index < -0.39 is 5.69 Å². The van der Waals surface area contributed by atoms with Gasteiger partial charge in [0.1, 0.15) is 11.6 Å². The number of hydrogen-bond donors (Lipinski definition) is 1. The summed E-state index contributed by atoms with van der Waals surface area (Å²) in [4.78, 5) is 21.4. The molecule has 0 atom stereocenters. The van der Waals surface area contributed by atoms with Gasteiger partial charge in [0.05, 0.1) is 19.2 Å². The fourth-order valence-corrected chi connectivity index (χ4v) is 1.59. The van der Waals surface area contributed by atoms with Crippen LogP contribution in [0.25, 0.3) is 11.4 Å². The van der Waals surface area contributed by atoms with E-state index >= 15 is 0 Å². The van der Waals surface area contributed by atoms with Crippen molar-refractivity contribution < 1.29 is 9.47 Å². The minimum Gasteiger partial charge on any atom is -0.495 e. The van der Waals surface area contributed by atoms with Crippen LogP contribution < -0.4 is 15.2 Å². The Hall–Kier alpha value is -2.08. The van der Waals surface area contributed by atoms with Crippen molar-refractivity contribution >= 4 is 11.6 Å². The maximum absolute atomic E-state index is 11.3. The molecular formula is C11H10ClN3O3. The Morgan fingerprint density at radius 1 is 1.22 bits per heavy atom. The van der Waals surface area contributed by atoms with Gasteiger partial charge in [0.2, 0.25) is 0 Å². The second kappa shape index (κ2) is 5.05. The molecule has 0 aliphatic heterocycles. The van der Waals surface area contributed by atoms with Gasteiger partial charge in [0, 0.05) is 5.56 Å². The van der Waals surface area contributed by atoms with Gasteiger partial charge in [-0.15, -0.1) is 4.98 Å². The van der Waals surface area contributed by atoms with Crippen LogP contribution in [0.4, 0.5) is 0 Å². The van der Waals surface area contributed by atoms with Crippen molar-refractivity contribution in [3.05, 3.63) is 33.7 Å². The van der Waals surface area contributed by atoms with Gasteiger partial charge in [0.15, 0.2) is 0 Å². The SMILES string of the molecule is COc1nc(-c2ccc(Cl)c(OC)c2)[nH]c(=O)n1.